The Morgan fingerprint density at radius 1 is 1.46 bits per heavy atom. The van der Waals surface area contributed by atoms with Gasteiger partial charge in [0.05, 0.1) is 6.04 Å². The van der Waals surface area contributed by atoms with Crippen molar-refractivity contribution in [1.29, 1.82) is 0 Å². The Balaban J connectivity index is 3.64. The van der Waals surface area contributed by atoms with E-state index in [1.165, 1.54) is 12.8 Å². The van der Waals surface area contributed by atoms with E-state index in [2.05, 4.69) is 19.2 Å². The fourth-order valence-corrected chi connectivity index (χ4v) is 1.30. The van der Waals surface area contributed by atoms with Crippen LogP contribution in [0.1, 0.15) is 40.0 Å². The first-order valence-corrected chi connectivity index (χ1v) is 5.14. The first-order chi connectivity index (χ1) is 6.11. The van der Waals surface area contributed by atoms with Crippen molar-refractivity contribution >= 4 is 5.91 Å². The number of hydrogen-bond donors (Lipinski definition) is 2. The van der Waals surface area contributed by atoms with Gasteiger partial charge in [0, 0.05) is 0 Å². The van der Waals surface area contributed by atoms with Crippen molar-refractivity contribution in [3.05, 3.63) is 0 Å². The number of primary amides is 1. The van der Waals surface area contributed by atoms with Crippen LogP contribution in [0.5, 0.6) is 0 Å². The maximum atomic E-state index is 10.7. The molecule has 2 atom stereocenters. The number of nitrogens with one attached hydrogen (secondary N) is 1. The lowest BCUT2D eigenvalue weighted by atomic mass is 10.0. The zero-order chi connectivity index (χ0) is 10.3. The molecule has 2 unspecified atom stereocenters. The maximum Gasteiger partial charge on any atom is 0.234 e. The fourth-order valence-electron chi connectivity index (χ4n) is 1.30. The summed E-state index contributed by atoms with van der Waals surface area (Å²) in [4.78, 5) is 10.7. The molecule has 0 aliphatic rings. The number of nitrogens with two attached hydrogens (primary N) is 1. The Labute approximate surface area is 81.1 Å². The average molecular weight is 186 g/mol. The van der Waals surface area contributed by atoms with Crippen LogP contribution in [0.2, 0.25) is 0 Å². The van der Waals surface area contributed by atoms with Gasteiger partial charge in [0.1, 0.15) is 0 Å². The molecule has 0 aromatic rings. The molecule has 0 aliphatic carbocycles. The summed E-state index contributed by atoms with van der Waals surface area (Å²) in [6, 6.07) is -0.203. The maximum absolute atomic E-state index is 10.7. The highest BCUT2D eigenvalue weighted by Gasteiger charge is 2.10. The summed E-state index contributed by atoms with van der Waals surface area (Å²) in [5.41, 5.74) is 5.14. The van der Waals surface area contributed by atoms with Crippen molar-refractivity contribution in [3.8, 4) is 0 Å². The molecule has 0 aliphatic heterocycles. The van der Waals surface area contributed by atoms with Crippen LogP contribution in [0.4, 0.5) is 0 Å². The van der Waals surface area contributed by atoms with E-state index in [0.717, 1.165) is 13.0 Å². The summed E-state index contributed by atoms with van der Waals surface area (Å²) in [5, 5.41) is 3.14. The van der Waals surface area contributed by atoms with Crippen LogP contribution in [-0.4, -0.2) is 18.5 Å². The van der Waals surface area contributed by atoms with Gasteiger partial charge in [-0.2, -0.15) is 0 Å². The van der Waals surface area contributed by atoms with Crippen LogP contribution in [0.25, 0.3) is 0 Å². The van der Waals surface area contributed by atoms with Crippen LogP contribution >= 0.6 is 0 Å². The molecule has 0 saturated heterocycles. The monoisotopic (exact) mass is 186 g/mol. The fraction of sp³-hybridized carbons (Fsp3) is 0.900. The summed E-state index contributed by atoms with van der Waals surface area (Å²) in [6.45, 7) is 7.06. The van der Waals surface area contributed by atoms with Gasteiger partial charge >= 0.3 is 0 Å². The van der Waals surface area contributed by atoms with Gasteiger partial charge in [0.25, 0.3) is 0 Å². The minimum atomic E-state index is -0.272. The highest BCUT2D eigenvalue weighted by molar-refractivity contribution is 5.79. The van der Waals surface area contributed by atoms with E-state index in [1.54, 1.807) is 6.92 Å². The van der Waals surface area contributed by atoms with Crippen molar-refractivity contribution in [2.45, 2.75) is 46.1 Å². The van der Waals surface area contributed by atoms with Crippen molar-refractivity contribution < 1.29 is 4.79 Å². The highest BCUT2D eigenvalue weighted by Crippen LogP contribution is 2.09. The van der Waals surface area contributed by atoms with Crippen LogP contribution < -0.4 is 11.1 Å². The normalized spacial score (nSPS) is 15.3. The first kappa shape index (κ1) is 12.4. The molecule has 13 heavy (non-hydrogen) atoms. The highest BCUT2D eigenvalue weighted by atomic mass is 16.1. The molecule has 78 valence electrons. The van der Waals surface area contributed by atoms with E-state index in [0.29, 0.717) is 5.92 Å². The third-order valence-corrected chi connectivity index (χ3v) is 2.41. The van der Waals surface area contributed by atoms with Gasteiger partial charge in [0.15, 0.2) is 0 Å². The molecule has 0 aromatic carbocycles. The molecule has 3 nitrogen and oxygen atoms in total. The molecule has 3 heteroatoms. The predicted molar refractivity (Wildman–Crippen MR) is 55.3 cm³/mol. The van der Waals surface area contributed by atoms with E-state index >= 15 is 0 Å². The Bertz CT molecular complexity index is 148. The van der Waals surface area contributed by atoms with E-state index in [1.807, 2.05) is 0 Å². The van der Waals surface area contributed by atoms with Gasteiger partial charge in [-0.15, -0.1) is 0 Å². The second-order valence-corrected chi connectivity index (χ2v) is 3.60. The zero-order valence-corrected chi connectivity index (χ0v) is 8.97. The van der Waals surface area contributed by atoms with E-state index in [-0.39, 0.29) is 11.9 Å². The van der Waals surface area contributed by atoms with Gasteiger partial charge in [-0.05, 0) is 25.8 Å². The molecule has 3 N–H and O–H groups in total. The van der Waals surface area contributed by atoms with Crippen LogP contribution in [0.15, 0.2) is 0 Å². The first-order valence-electron chi connectivity index (χ1n) is 5.14. The van der Waals surface area contributed by atoms with Gasteiger partial charge in [-0.3, -0.25) is 4.79 Å². The third-order valence-electron chi connectivity index (χ3n) is 2.41. The molecule has 1 amide bonds. The van der Waals surface area contributed by atoms with Crippen molar-refractivity contribution in [2.24, 2.45) is 11.7 Å². The summed E-state index contributed by atoms with van der Waals surface area (Å²) in [6.07, 6.45) is 3.58. The van der Waals surface area contributed by atoms with Gasteiger partial charge in [-0.1, -0.05) is 26.7 Å². The summed E-state index contributed by atoms with van der Waals surface area (Å²) >= 11 is 0. The Morgan fingerprint density at radius 3 is 2.46 bits per heavy atom. The molecular weight excluding hydrogens is 164 g/mol. The van der Waals surface area contributed by atoms with Crippen molar-refractivity contribution in [3.63, 3.8) is 0 Å². The molecule has 0 aromatic heterocycles. The zero-order valence-electron chi connectivity index (χ0n) is 8.97. The van der Waals surface area contributed by atoms with E-state index < -0.39 is 0 Å². The van der Waals surface area contributed by atoms with E-state index in [9.17, 15) is 4.79 Å². The largest absolute Gasteiger partial charge is 0.368 e. The SMILES string of the molecule is CCCC(CC)CNC(C)C(N)=O. The molecule has 0 radical (unpaired) electrons. The second-order valence-electron chi connectivity index (χ2n) is 3.60. The summed E-state index contributed by atoms with van der Waals surface area (Å²) in [5.74, 6) is 0.401. The van der Waals surface area contributed by atoms with Crippen LogP contribution in [0.3, 0.4) is 0 Å². The van der Waals surface area contributed by atoms with Gasteiger partial charge < -0.3 is 11.1 Å². The number of rotatable bonds is 7. The Morgan fingerprint density at radius 2 is 2.08 bits per heavy atom. The summed E-state index contributed by atoms with van der Waals surface area (Å²) < 4.78 is 0. The number of hydrogen-bond acceptors (Lipinski definition) is 2. The van der Waals surface area contributed by atoms with Gasteiger partial charge in [-0.25, -0.2) is 0 Å². The van der Waals surface area contributed by atoms with Crippen LogP contribution in [-0.2, 0) is 4.79 Å². The number of amides is 1. The standard InChI is InChI=1S/C10H22N2O/c1-4-6-9(5-2)7-12-8(3)10(11)13/h8-9,12H,4-7H2,1-3H3,(H2,11,13). The Hall–Kier alpha value is -0.570. The van der Waals surface area contributed by atoms with Crippen molar-refractivity contribution in [2.75, 3.05) is 6.54 Å². The molecule has 0 spiro atoms. The third kappa shape index (κ3) is 5.64. The van der Waals surface area contributed by atoms with Crippen molar-refractivity contribution in [1.82, 2.24) is 5.32 Å². The Kier molecular flexibility index (Phi) is 6.59. The lowest BCUT2D eigenvalue weighted by Crippen LogP contribution is -2.40. The molecule has 0 bridgehead atoms. The lowest BCUT2D eigenvalue weighted by molar-refractivity contribution is -0.119. The number of carbonyl (C=O) groups excluding carboxylic acids is 1. The number of carbonyl (C=O) groups is 1. The predicted octanol–water partition coefficient (Wildman–Crippen LogP) is 1.28. The molecule has 0 saturated carbocycles. The molecular formula is C10H22N2O. The molecule has 0 rings (SSSR count). The molecule has 0 fully saturated rings. The minimum absolute atomic E-state index is 0.203. The second kappa shape index (κ2) is 6.89. The van der Waals surface area contributed by atoms with Crippen LogP contribution in [0, 0.1) is 5.92 Å². The lowest BCUT2D eigenvalue weighted by Gasteiger charge is -2.17. The average Bonchev–Trinajstić information content (AvgIpc) is 2.11. The topological polar surface area (TPSA) is 55.1 Å². The summed E-state index contributed by atoms with van der Waals surface area (Å²) in [7, 11) is 0. The minimum Gasteiger partial charge on any atom is -0.368 e. The smallest absolute Gasteiger partial charge is 0.234 e. The van der Waals surface area contributed by atoms with E-state index in [4.69, 9.17) is 5.73 Å². The van der Waals surface area contributed by atoms with Gasteiger partial charge in [0.2, 0.25) is 5.91 Å². The molecule has 0 heterocycles. The quantitative estimate of drug-likeness (QED) is 0.629.